The van der Waals surface area contributed by atoms with Crippen LogP contribution in [-0.4, -0.2) is 13.7 Å². The Labute approximate surface area is 143 Å². The number of hydrogen-bond donors (Lipinski definition) is 1. The van der Waals surface area contributed by atoms with Gasteiger partial charge in [0.15, 0.2) is 0 Å². The maximum absolute atomic E-state index is 5.79. The molecule has 0 amide bonds. The van der Waals surface area contributed by atoms with Gasteiger partial charge < -0.3 is 10.1 Å². The van der Waals surface area contributed by atoms with Gasteiger partial charge in [-0.15, -0.1) is 0 Å². The lowest BCUT2D eigenvalue weighted by Crippen LogP contribution is -2.19. The van der Waals surface area contributed by atoms with Crippen molar-refractivity contribution in [1.82, 2.24) is 5.32 Å². The predicted octanol–water partition coefficient (Wildman–Crippen LogP) is 5.23. The highest BCUT2D eigenvalue weighted by molar-refractivity contribution is 9.10. The first-order valence-corrected chi connectivity index (χ1v) is 8.51. The van der Waals surface area contributed by atoms with E-state index >= 15 is 0 Å². The van der Waals surface area contributed by atoms with Crippen LogP contribution in [0.4, 0.5) is 0 Å². The van der Waals surface area contributed by atoms with E-state index in [4.69, 9.17) is 4.74 Å². The molecule has 1 unspecified atom stereocenters. The SMILES string of the molecule is CCOc1ccc(Br)cc1C(NC)c1ccc(Br)cc1C. The molecule has 2 nitrogen and oxygen atoms in total. The van der Waals surface area contributed by atoms with Crippen LogP contribution < -0.4 is 10.1 Å². The average Bonchev–Trinajstić information content (AvgIpc) is 2.45. The lowest BCUT2D eigenvalue weighted by atomic mass is 9.94. The van der Waals surface area contributed by atoms with Crippen molar-refractivity contribution < 1.29 is 4.74 Å². The van der Waals surface area contributed by atoms with Gasteiger partial charge in [0.25, 0.3) is 0 Å². The van der Waals surface area contributed by atoms with Crippen molar-refractivity contribution >= 4 is 31.9 Å². The molecule has 0 radical (unpaired) electrons. The van der Waals surface area contributed by atoms with Gasteiger partial charge in [0.2, 0.25) is 0 Å². The van der Waals surface area contributed by atoms with Gasteiger partial charge in [0.1, 0.15) is 5.75 Å². The molecule has 0 aromatic heterocycles. The van der Waals surface area contributed by atoms with Gasteiger partial charge in [-0.1, -0.05) is 37.9 Å². The van der Waals surface area contributed by atoms with E-state index in [0.29, 0.717) is 6.61 Å². The molecule has 0 aliphatic heterocycles. The van der Waals surface area contributed by atoms with E-state index in [2.05, 4.69) is 68.4 Å². The standard InChI is InChI=1S/C17H19Br2NO/c1-4-21-16-8-6-13(19)10-15(16)17(20-3)14-7-5-12(18)9-11(14)2/h5-10,17,20H,4H2,1-3H3. The van der Waals surface area contributed by atoms with Crippen LogP contribution in [0.1, 0.15) is 29.7 Å². The number of rotatable bonds is 5. The molecule has 0 aliphatic rings. The van der Waals surface area contributed by atoms with Gasteiger partial charge in [-0.25, -0.2) is 0 Å². The molecule has 0 spiro atoms. The second-order valence-electron chi connectivity index (χ2n) is 4.84. The summed E-state index contributed by atoms with van der Waals surface area (Å²) in [6, 6.07) is 12.6. The molecule has 0 fully saturated rings. The predicted molar refractivity (Wildman–Crippen MR) is 95.1 cm³/mol. The fourth-order valence-electron chi connectivity index (χ4n) is 2.47. The van der Waals surface area contributed by atoms with E-state index in [0.717, 1.165) is 20.3 Å². The van der Waals surface area contributed by atoms with Crippen molar-refractivity contribution in [2.24, 2.45) is 0 Å². The number of hydrogen-bond acceptors (Lipinski definition) is 2. The summed E-state index contributed by atoms with van der Waals surface area (Å²) in [4.78, 5) is 0. The van der Waals surface area contributed by atoms with E-state index in [1.165, 1.54) is 11.1 Å². The molecule has 0 bridgehead atoms. The van der Waals surface area contributed by atoms with Crippen molar-refractivity contribution in [2.45, 2.75) is 19.9 Å². The van der Waals surface area contributed by atoms with Crippen LogP contribution in [0.2, 0.25) is 0 Å². The molecular weight excluding hydrogens is 394 g/mol. The molecule has 2 aromatic carbocycles. The maximum Gasteiger partial charge on any atom is 0.124 e. The summed E-state index contributed by atoms with van der Waals surface area (Å²) in [5.41, 5.74) is 3.63. The Morgan fingerprint density at radius 1 is 1.05 bits per heavy atom. The monoisotopic (exact) mass is 411 g/mol. The Bertz CT molecular complexity index is 628. The zero-order valence-electron chi connectivity index (χ0n) is 12.4. The van der Waals surface area contributed by atoms with Gasteiger partial charge in [0.05, 0.1) is 12.6 Å². The number of halogens is 2. The largest absolute Gasteiger partial charge is 0.494 e. The number of ether oxygens (including phenoxy) is 1. The normalized spacial score (nSPS) is 12.2. The molecule has 0 aliphatic carbocycles. The fourth-order valence-corrected chi connectivity index (χ4v) is 3.33. The quantitative estimate of drug-likeness (QED) is 0.725. The number of benzene rings is 2. The van der Waals surface area contributed by atoms with Crippen molar-refractivity contribution in [3.05, 3.63) is 62.0 Å². The summed E-state index contributed by atoms with van der Waals surface area (Å²) in [5.74, 6) is 0.919. The van der Waals surface area contributed by atoms with E-state index < -0.39 is 0 Å². The van der Waals surface area contributed by atoms with E-state index in [-0.39, 0.29) is 6.04 Å². The Morgan fingerprint density at radius 2 is 1.71 bits per heavy atom. The van der Waals surface area contributed by atoms with Crippen molar-refractivity contribution in [3.8, 4) is 5.75 Å². The maximum atomic E-state index is 5.79. The molecule has 1 atom stereocenters. The Kier molecular flexibility index (Phi) is 5.85. The Hall–Kier alpha value is -0.840. The molecule has 2 rings (SSSR count). The van der Waals surface area contributed by atoms with Crippen LogP contribution in [0.5, 0.6) is 5.75 Å². The highest BCUT2D eigenvalue weighted by atomic mass is 79.9. The Balaban J connectivity index is 2.52. The molecule has 2 aromatic rings. The van der Waals surface area contributed by atoms with Gasteiger partial charge in [-0.05, 0) is 62.4 Å². The molecular formula is C17H19Br2NO. The van der Waals surface area contributed by atoms with E-state index in [1.807, 2.05) is 26.1 Å². The van der Waals surface area contributed by atoms with Crippen LogP contribution in [0.15, 0.2) is 45.3 Å². The summed E-state index contributed by atoms with van der Waals surface area (Å²) >= 11 is 7.08. The summed E-state index contributed by atoms with van der Waals surface area (Å²) < 4.78 is 7.94. The lowest BCUT2D eigenvalue weighted by Gasteiger charge is -2.22. The van der Waals surface area contributed by atoms with Gasteiger partial charge >= 0.3 is 0 Å². The van der Waals surface area contributed by atoms with E-state index in [1.54, 1.807) is 0 Å². The van der Waals surface area contributed by atoms with Crippen molar-refractivity contribution in [2.75, 3.05) is 13.7 Å². The minimum atomic E-state index is 0.0946. The highest BCUT2D eigenvalue weighted by Crippen LogP contribution is 2.34. The molecule has 0 heterocycles. The second-order valence-corrected chi connectivity index (χ2v) is 6.67. The molecule has 4 heteroatoms. The lowest BCUT2D eigenvalue weighted by molar-refractivity contribution is 0.334. The van der Waals surface area contributed by atoms with Crippen LogP contribution in [0, 0.1) is 6.92 Å². The van der Waals surface area contributed by atoms with Crippen LogP contribution in [-0.2, 0) is 0 Å². The third kappa shape index (κ3) is 3.87. The highest BCUT2D eigenvalue weighted by Gasteiger charge is 2.19. The zero-order chi connectivity index (χ0) is 15.4. The number of nitrogens with one attached hydrogen (secondary N) is 1. The van der Waals surface area contributed by atoms with Crippen LogP contribution in [0.3, 0.4) is 0 Å². The summed E-state index contributed by atoms with van der Waals surface area (Å²) in [7, 11) is 1.97. The first-order valence-electron chi connectivity index (χ1n) is 6.92. The zero-order valence-corrected chi connectivity index (χ0v) is 15.6. The molecule has 21 heavy (non-hydrogen) atoms. The summed E-state index contributed by atoms with van der Waals surface area (Å²) in [5, 5.41) is 3.40. The van der Waals surface area contributed by atoms with Gasteiger partial charge in [-0.3, -0.25) is 0 Å². The summed E-state index contributed by atoms with van der Waals surface area (Å²) in [6.07, 6.45) is 0. The number of aryl methyl sites for hydroxylation is 1. The van der Waals surface area contributed by atoms with E-state index in [9.17, 15) is 0 Å². The van der Waals surface area contributed by atoms with Crippen molar-refractivity contribution in [3.63, 3.8) is 0 Å². The minimum absolute atomic E-state index is 0.0946. The first kappa shape index (κ1) is 16.5. The fraction of sp³-hybridized carbons (Fsp3) is 0.294. The Morgan fingerprint density at radius 3 is 2.33 bits per heavy atom. The summed E-state index contributed by atoms with van der Waals surface area (Å²) in [6.45, 7) is 4.79. The molecule has 0 saturated carbocycles. The van der Waals surface area contributed by atoms with Gasteiger partial charge in [-0.2, -0.15) is 0 Å². The minimum Gasteiger partial charge on any atom is -0.494 e. The smallest absolute Gasteiger partial charge is 0.124 e. The van der Waals surface area contributed by atoms with Crippen LogP contribution >= 0.6 is 31.9 Å². The van der Waals surface area contributed by atoms with Gasteiger partial charge in [0, 0.05) is 14.5 Å². The molecule has 0 saturated heterocycles. The second kappa shape index (κ2) is 7.43. The third-order valence-electron chi connectivity index (χ3n) is 3.41. The van der Waals surface area contributed by atoms with Crippen LogP contribution in [0.25, 0.3) is 0 Å². The average molecular weight is 413 g/mol. The first-order chi connectivity index (χ1) is 10.1. The topological polar surface area (TPSA) is 21.3 Å². The third-order valence-corrected chi connectivity index (χ3v) is 4.40. The molecule has 1 N–H and O–H groups in total. The molecule has 112 valence electrons. The van der Waals surface area contributed by atoms with Crippen molar-refractivity contribution in [1.29, 1.82) is 0 Å².